The van der Waals surface area contributed by atoms with Gasteiger partial charge in [-0.2, -0.15) is 18.9 Å². The Morgan fingerprint density at radius 2 is 1.82 bits per heavy atom. The van der Waals surface area contributed by atoms with E-state index in [1.54, 1.807) is 6.07 Å². The van der Waals surface area contributed by atoms with Gasteiger partial charge in [-0.05, 0) is 101 Å². The molecular weight excluding hydrogens is 821 g/mol. The molecule has 0 aliphatic carbocycles. The van der Waals surface area contributed by atoms with Crippen LogP contribution in [-0.2, 0) is 48.3 Å². The summed E-state index contributed by atoms with van der Waals surface area (Å²) in [6, 6.07) is 18.2. The van der Waals surface area contributed by atoms with E-state index in [4.69, 9.17) is 10.5 Å². The van der Waals surface area contributed by atoms with Gasteiger partial charge in [-0.15, -0.1) is 0 Å². The Hall–Kier alpha value is -5.63. The van der Waals surface area contributed by atoms with Crippen LogP contribution in [0.3, 0.4) is 0 Å². The molecule has 4 N–H and O–H groups in total. The normalized spacial score (nSPS) is 17.8. The molecule has 2 aliphatic rings. The molecule has 16 nitrogen and oxygen atoms in total. The number of rotatable bonds is 17. The lowest BCUT2D eigenvalue weighted by atomic mass is 9.77. The number of carbonyl (C=O) groups is 1. The second-order valence-corrected chi connectivity index (χ2v) is 17.7. The van der Waals surface area contributed by atoms with Crippen molar-refractivity contribution in [3.05, 3.63) is 113 Å². The minimum atomic E-state index is -4.63. The number of amides is 1. The number of H-pyrrole nitrogens is 1. The molecule has 1 amide bonds. The molecule has 0 bridgehead atoms. The number of imidazole rings is 1. The number of hydrogen-bond acceptors (Lipinski definition) is 14. The number of carbonyl (C=O) groups excluding carboxylic acids is 1. The number of nitrogens with one attached hydrogen (secondary N) is 2. The molecule has 0 spiro atoms. The van der Waals surface area contributed by atoms with E-state index < -0.39 is 20.9 Å². The molecule has 0 fully saturated rings. The van der Waals surface area contributed by atoms with Gasteiger partial charge in [0.2, 0.25) is 23.4 Å². The van der Waals surface area contributed by atoms with Crippen molar-refractivity contribution >= 4 is 62.3 Å². The second kappa shape index (κ2) is 17.8. The van der Waals surface area contributed by atoms with Crippen LogP contribution in [0.15, 0.2) is 101 Å². The van der Waals surface area contributed by atoms with Crippen molar-refractivity contribution in [2.75, 3.05) is 23.7 Å². The minimum Gasteiger partial charge on any atom is -0.744 e. The summed E-state index contributed by atoms with van der Waals surface area (Å²) in [7, 11) is -4.63. The molecule has 1 unspecified atom stereocenters. The van der Waals surface area contributed by atoms with Crippen LogP contribution in [0.2, 0.25) is 0 Å². The average molecular weight is 868 g/mol. The first-order chi connectivity index (χ1) is 29.2. The van der Waals surface area contributed by atoms with Crippen LogP contribution in [0.5, 0.6) is 5.88 Å². The van der Waals surface area contributed by atoms with E-state index in [0.717, 1.165) is 57.1 Å². The van der Waals surface area contributed by atoms with E-state index in [2.05, 4.69) is 64.0 Å². The van der Waals surface area contributed by atoms with Crippen molar-refractivity contribution < 1.29 is 41.7 Å². The number of fused-ring (bicyclic) bond motifs is 3. The van der Waals surface area contributed by atoms with Gasteiger partial charge < -0.3 is 35.5 Å². The molecule has 7 rings (SSSR count). The number of hydrogen-bond donors (Lipinski definition) is 3. The van der Waals surface area contributed by atoms with Crippen LogP contribution < -0.4 is 25.9 Å². The number of aromatic nitrogens is 4. The summed E-state index contributed by atoms with van der Waals surface area (Å²) in [6.45, 7) is 12.2. The van der Waals surface area contributed by atoms with E-state index in [1.165, 1.54) is 18.5 Å². The van der Waals surface area contributed by atoms with E-state index in [9.17, 15) is 23.0 Å². The lowest BCUT2D eigenvalue weighted by molar-refractivity contribution is -0.777. The smallest absolute Gasteiger partial charge is 0.245 e. The molecule has 0 radical (unpaired) electrons. The minimum absolute atomic E-state index is 0.0717. The zero-order valence-corrected chi connectivity index (χ0v) is 36.1. The Labute approximate surface area is 358 Å². The molecule has 3 aromatic carbocycles. The summed E-state index contributed by atoms with van der Waals surface area (Å²) in [5, 5.41) is 17.4. The summed E-state index contributed by atoms with van der Waals surface area (Å²) in [5.74, 6) is 0.313. The molecule has 0 saturated carbocycles. The number of benzene rings is 3. The third-order valence-corrected chi connectivity index (χ3v) is 12.8. The summed E-state index contributed by atoms with van der Waals surface area (Å²) in [5.41, 5.74) is 13.2. The van der Waals surface area contributed by atoms with E-state index in [1.807, 2.05) is 75.4 Å². The van der Waals surface area contributed by atoms with Gasteiger partial charge in [0.25, 0.3) is 0 Å². The van der Waals surface area contributed by atoms with Gasteiger partial charge in [-0.25, -0.2) is 13.4 Å². The fourth-order valence-electron chi connectivity index (χ4n) is 8.35. The molecule has 1 atom stereocenters. The number of nitrogens with two attached hydrogens (primary N) is 1. The molecule has 2 aliphatic heterocycles. The molecular formula is C43H47N8O8S2-. The third kappa shape index (κ3) is 8.91. The maximum atomic E-state index is 13.2. The number of nitrogens with zero attached hydrogens (tertiary/aromatic N) is 5. The van der Waals surface area contributed by atoms with Crippen molar-refractivity contribution in [1.29, 1.82) is 0 Å². The van der Waals surface area contributed by atoms with Crippen LogP contribution in [0.4, 0.5) is 17.3 Å². The summed E-state index contributed by atoms with van der Waals surface area (Å²) < 4.78 is 48.4. The van der Waals surface area contributed by atoms with Gasteiger partial charge in [-0.1, -0.05) is 30.3 Å². The van der Waals surface area contributed by atoms with Gasteiger partial charge >= 0.3 is 0 Å². The third-order valence-electron chi connectivity index (χ3n) is 11.4. The summed E-state index contributed by atoms with van der Waals surface area (Å²) in [6.07, 6.45) is 9.17. The van der Waals surface area contributed by atoms with Gasteiger partial charge in [0.1, 0.15) is 28.8 Å². The summed E-state index contributed by atoms with van der Waals surface area (Å²) in [4.78, 5) is 31.3. The van der Waals surface area contributed by atoms with Crippen molar-refractivity contribution in [3.63, 3.8) is 0 Å². The largest absolute Gasteiger partial charge is 0.744 e. The lowest BCUT2D eigenvalue weighted by Gasteiger charge is -2.30. The number of ether oxygens (including phenoxy) is 1. The van der Waals surface area contributed by atoms with Crippen LogP contribution >= 0.6 is 12.0 Å². The Kier molecular flexibility index (Phi) is 12.7. The first-order valence-electron chi connectivity index (χ1n) is 19.8. The van der Waals surface area contributed by atoms with Crippen molar-refractivity contribution in [2.45, 2.75) is 87.7 Å². The highest BCUT2D eigenvalue weighted by molar-refractivity contribution is 7.94. The zero-order chi connectivity index (χ0) is 43.5. The fraction of sp³-hybridized carbons (Fsp3) is 0.326. The quantitative estimate of drug-likeness (QED) is 0.0332. The first kappa shape index (κ1) is 43.5. The predicted molar refractivity (Wildman–Crippen MR) is 228 cm³/mol. The van der Waals surface area contributed by atoms with Crippen molar-refractivity contribution in [3.8, 4) is 5.88 Å². The average Bonchev–Trinajstić information content (AvgIpc) is 3.87. The molecule has 320 valence electrons. The standard InChI is InChI=1S/C43H48N8O8S2/c1-6-50-33-20-18-30(61(54,55)56)23-31(33)42(3,4)35(50)10-8-11-36-43(5,32-22-29(60-59-58-53)17-19-34(32)51(36)7-2)21-9-12-37(52)45-24-27-13-15-28(16-14-27)25-57-40-38-39(47-26-46-38)48-41(44)49-40/h8,10-11,13-20,22-23,26H,6-7,9,12,21,24-25H2,1-5H3,(H5-,44,45,46,47,48,49,52,53,54,55,56)/p-1. The predicted octanol–water partition coefficient (Wildman–Crippen LogP) is 5.77. The zero-order valence-electron chi connectivity index (χ0n) is 34.4. The topological polar surface area (TPSA) is 224 Å². The second-order valence-electron chi connectivity index (χ2n) is 15.5. The van der Waals surface area contributed by atoms with Gasteiger partial charge in [0.05, 0.1) is 28.7 Å². The number of likely N-dealkylation sites (N-methyl/N-ethyl adjacent to an activating group) is 1. The van der Waals surface area contributed by atoms with E-state index >= 15 is 0 Å². The maximum Gasteiger partial charge on any atom is 0.245 e. The number of allylic oxidation sites excluding steroid dienone is 4. The highest BCUT2D eigenvalue weighted by Crippen LogP contribution is 2.52. The van der Waals surface area contributed by atoms with Gasteiger partial charge in [-0.3, -0.25) is 9.83 Å². The molecule has 61 heavy (non-hydrogen) atoms. The number of aromatic amines is 1. The van der Waals surface area contributed by atoms with Crippen LogP contribution in [0.1, 0.15) is 76.1 Å². The van der Waals surface area contributed by atoms with E-state index in [-0.39, 0.29) is 23.4 Å². The van der Waals surface area contributed by atoms with Crippen molar-refractivity contribution in [1.82, 2.24) is 25.3 Å². The number of anilines is 2. The van der Waals surface area contributed by atoms with Gasteiger partial charge in [0.15, 0.2) is 11.4 Å². The Morgan fingerprint density at radius 1 is 1.05 bits per heavy atom. The highest BCUT2D eigenvalue weighted by atomic mass is 32.2. The van der Waals surface area contributed by atoms with Crippen LogP contribution in [-0.4, -0.2) is 62.2 Å². The van der Waals surface area contributed by atoms with Crippen LogP contribution in [0, 0.1) is 0 Å². The Morgan fingerprint density at radius 3 is 2.54 bits per heavy atom. The molecule has 4 heterocycles. The number of nitrogen functional groups attached to an aromatic ring is 1. The molecule has 2 aromatic heterocycles. The van der Waals surface area contributed by atoms with E-state index in [0.29, 0.717) is 60.8 Å². The van der Waals surface area contributed by atoms with Gasteiger partial charge in [0, 0.05) is 58.9 Å². The molecule has 18 heteroatoms. The fourth-order valence-corrected chi connectivity index (χ4v) is 9.24. The maximum absolute atomic E-state index is 13.2. The van der Waals surface area contributed by atoms with Crippen molar-refractivity contribution in [2.24, 2.45) is 0 Å². The SMILES string of the molecule is CCN1/C(=C/C=C/C2=[N+](CC)c3ccc(S(=O)(=O)[O-])cc3C2(C)C)C(C)(CCCC(=O)NCc2ccc(COc3nc(N)nc4nc[nH]c34)cc2)c2cc(SOO[O-])ccc21. The monoisotopic (exact) mass is 867 g/mol. The lowest BCUT2D eigenvalue weighted by Crippen LogP contribution is -2.29. The Balaban J connectivity index is 1.05. The molecule has 0 saturated heterocycles. The summed E-state index contributed by atoms with van der Waals surface area (Å²) >= 11 is 0.831. The highest BCUT2D eigenvalue weighted by Gasteiger charge is 2.45. The van der Waals surface area contributed by atoms with Crippen LogP contribution in [0.25, 0.3) is 11.2 Å². The molecule has 5 aromatic rings. The Bertz CT molecular complexity index is 2660. The first-order valence-corrected chi connectivity index (χ1v) is 22.0.